The number of hydrogen-bond acceptors (Lipinski definition) is 5. The third kappa shape index (κ3) is 2.58. The van der Waals surface area contributed by atoms with Gasteiger partial charge in [-0.05, 0) is 20.0 Å². The molecule has 138 valence electrons. The zero-order chi connectivity index (χ0) is 18.4. The smallest absolute Gasteiger partial charge is 0.198 e. The Morgan fingerprint density at radius 2 is 2.04 bits per heavy atom. The molecule has 2 aliphatic rings. The number of hydrogen-bond donors (Lipinski definition) is 0. The molecule has 0 saturated carbocycles. The van der Waals surface area contributed by atoms with E-state index in [1.54, 1.807) is 13.2 Å². The molecule has 0 amide bonds. The van der Waals surface area contributed by atoms with Crippen LogP contribution < -0.4 is 15.1 Å². The van der Waals surface area contributed by atoms with Crippen LogP contribution in [0, 0.1) is 5.82 Å². The van der Waals surface area contributed by atoms with Crippen molar-refractivity contribution < 1.29 is 9.13 Å². The minimum atomic E-state index is -0.402. The van der Waals surface area contributed by atoms with Crippen LogP contribution in [0.15, 0.2) is 22.1 Å². The van der Waals surface area contributed by atoms with Crippen LogP contribution in [0.4, 0.5) is 10.1 Å². The van der Waals surface area contributed by atoms with Gasteiger partial charge in [0.2, 0.25) is 0 Å². The summed E-state index contributed by atoms with van der Waals surface area (Å²) in [6, 6.07) is 1.42. The van der Waals surface area contributed by atoms with Gasteiger partial charge in [0.25, 0.3) is 0 Å². The molecule has 7 heteroatoms. The number of ether oxygens (including phenoxy) is 1. The van der Waals surface area contributed by atoms with E-state index in [1.807, 2.05) is 16.4 Å². The number of piperazine rings is 1. The van der Waals surface area contributed by atoms with E-state index in [0.29, 0.717) is 34.5 Å². The van der Waals surface area contributed by atoms with E-state index in [1.165, 1.54) is 12.3 Å². The second-order valence-electron chi connectivity index (χ2n) is 7.09. The molecule has 4 rings (SSSR count). The Hall–Kier alpha value is -2.41. The first kappa shape index (κ1) is 17.0. The van der Waals surface area contributed by atoms with Crippen molar-refractivity contribution in [2.75, 3.05) is 51.8 Å². The lowest BCUT2D eigenvalue weighted by atomic mass is 10.1. The summed E-state index contributed by atoms with van der Waals surface area (Å²) in [4.78, 5) is 21.0. The Bertz CT molecular complexity index is 945. The summed E-state index contributed by atoms with van der Waals surface area (Å²) >= 11 is 0. The molecule has 1 fully saturated rings. The first-order chi connectivity index (χ1) is 12.5. The zero-order valence-corrected chi connectivity index (χ0v) is 15.3. The Morgan fingerprint density at radius 3 is 2.73 bits per heavy atom. The highest BCUT2D eigenvalue weighted by Crippen LogP contribution is 2.41. The van der Waals surface area contributed by atoms with E-state index < -0.39 is 5.82 Å². The summed E-state index contributed by atoms with van der Waals surface area (Å²) in [5.74, 6) is 0.0839. The van der Waals surface area contributed by atoms with E-state index in [0.717, 1.165) is 26.2 Å². The molecule has 1 saturated heterocycles. The molecule has 0 N–H and O–H groups in total. The number of pyridine rings is 1. The van der Waals surface area contributed by atoms with Crippen LogP contribution in [0.25, 0.3) is 10.9 Å². The van der Waals surface area contributed by atoms with E-state index in [-0.39, 0.29) is 11.5 Å². The Labute approximate surface area is 151 Å². The van der Waals surface area contributed by atoms with Gasteiger partial charge in [-0.2, -0.15) is 0 Å². The second kappa shape index (κ2) is 6.39. The molecule has 0 aliphatic carbocycles. The van der Waals surface area contributed by atoms with Gasteiger partial charge in [-0.25, -0.2) is 4.39 Å². The van der Waals surface area contributed by atoms with Gasteiger partial charge in [0.1, 0.15) is 12.3 Å². The largest absolute Gasteiger partial charge is 0.487 e. The first-order valence-electron chi connectivity index (χ1n) is 8.91. The number of anilines is 1. The highest BCUT2D eigenvalue weighted by Gasteiger charge is 2.29. The summed E-state index contributed by atoms with van der Waals surface area (Å²) in [5, 5.41) is 0.347. The number of nitrogens with zero attached hydrogens (tertiary/aromatic N) is 4. The van der Waals surface area contributed by atoms with Gasteiger partial charge in [0, 0.05) is 45.6 Å². The Kier molecular flexibility index (Phi) is 4.19. The van der Waals surface area contributed by atoms with Crippen molar-refractivity contribution in [3.05, 3.63) is 33.9 Å². The topological polar surface area (TPSA) is 50.1 Å². The first-order valence-corrected chi connectivity index (χ1v) is 8.91. The number of rotatable bonds is 2. The maximum atomic E-state index is 15.1. The molecular formula is C19H23FN4O2. The minimum Gasteiger partial charge on any atom is -0.487 e. The monoisotopic (exact) mass is 358 g/mol. The van der Waals surface area contributed by atoms with Gasteiger partial charge in [-0.3, -0.25) is 9.79 Å². The lowest BCUT2D eigenvalue weighted by molar-refractivity contribution is 0.245. The standard InChI is InChI=1S/C19H23FN4O2/c1-12-11-26-19-16-14(18(25)13(9-21-2)10-24(12)16)8-15(20)17(19)23-6-4-22(3)5-7-23/h8-10,12H,4-7,11H2,1-3H3/b21-9+/t12-/m0/s1. The number of likely N-dealkylation sites (N-methyl/N-ethyl adjacent to an activating group) is 1. The van der Waals surface area contributed by atoms with Gasteiger partial charge in [0.05, 0.1) is 22.5 Å². The molecule has 0 spiro atoms. The highest BCUT2D eigenvalue weighted by atomic mass is 19.1. The quantitative estimate of drug-likeness (QED) is 0.770. The molecule has 0 radical (unpaired) electrons. The van der Waals surface area contributed by atoms with Crippen LogP contribution in [-0.4, -0.2) is 62.6 Å². The second-order valence-corrected chi connectivity index (χ2v) is 7.09. The van der Waals surface area contributed by atoms with E-state index in [2.05, 4.69) is 16.9 Å². The van der Waals surface area contributed by atoms with Crippen LogP contribution >= 0.6 is 0 Å². The fourth-order valence-electron chi connectivity index (χ4n) is 3.79. The zero-order valence-electron chi connectivity index (χ0n) is 15.3. The molecule has 2 aliphatic heterocycles. The molecule has 1 atom stereocenters. The lowest BCUT2D eigenvalue weighted by Crippen LogP contribution is -2.45. The summed E-state index contributed by atoms with van der Waals surface area (Å²) in [7, 11) is 3.68. The minimum absolute atomic E-state index is 0.0559. The van der Waals surface area contributed by atoms with Crippen molar-refractivity contribution in [3.8, 4) is 5.75 Å². The van der Waals surface area contributed by atoms with Crippen molar-refractivity contribution in [1.82, 2.24) is 9.47 Å². The Morgan fingerprint density at radius 1 is 1.31 bits per heavy atom. The van der Waals surface area contributed by atoms with E-state index >= 15 is 4.39 Å². The fourth-order valence-corrected chi connectivity index (χ4v) is 3.79. The highest BCUT2D eigenvalue weighted by molar-refractivity contribution is 5.95. The maximum Gasteiger partial charge on any atom is 0.198 e. The number of halogens is 1. The number of benzene rings is 1. The van der Waals surface area contributed by atoms with Crippen LogP contribution in [0.3, 0.4) is 0 Å². The van der Waals surface area contributed by atoms with Crippen LogP contribution in [0.1, 0.15) is 18.5 Å². The molecule has 26 heavy (non-hydrogen) atoms. The molecule has 1 aromatic heterocycles. The third-order valence-corrected chi connectivity index (χ3v) is 5.26. The van der Waals surface area contributed by atoms with E-state index in [4.69, 9.17) is 4.74 Å². The van der Waals surface area contributed by atoms with E-state index in [9.17, 15) is 4.79 Å². The summed E-state index contributed by atoms with van der Waals surface area (Å²) in [6.45, 7) is 5.67. The van der Waals surface area contributed by atoms with Gasteiger partial charge in [0.15, 0.2) is 17.0 Å². The fraction of sp³-hybridized carbons (Fsp3) is 0.474. The number of aromatic nitrogens is 1. The summed E-state index contributed by atoms with van der Waals surface area (Å²) in [6.07, 6.45) is 3.33. The predicted octanol–water partition coefficient (Wildman–Crippen LogP) is 1.89. The normalized spacial score (nSPS) is 20.8. The van der Waals surface area contributed by atoms with Gasteiger partial charge < -0.3 is 19.1 Å². The predicted molar refractivity (Wildman–Crippen MR) is 102 cm³/mol. The third-order valence-electron chi connectivity index (χ3n) is 5.26. The SMILES string of the molecule is C/N=C/c1cn2c3c(c(N4CCN(C)CC4)c(F)cc3c1=O)OC[C@@H]2C. The Balaban J connectivity index is 1.99. The molecule has 6 nitrogen and oxygen atoms in total. The summed E-state index contributed by atoms with van der Waals surface area (Å²) in [5.41, 5.74) is 1.40. The maximum absolute atomic E-state index is 15.1. The van der Waals surface area contributed by atoms with Crippen molar-refractivity contribution in [3.63, 3.8) is 0 Å². The van der Waals surface area contributed by atoms with Crippen LogP contribution in [0.5, 0.6) is 5.75 Å². The van der Waals surface area contributed by atoms with Crippen LogP contribution in [-0.2, 0) is 0 Å². The van der Waals surface area contributed by atoms with Crippen molar-refractivity contribution in [2.24, 2.45) is 4.99 Å². The average Bonchev–Trinajstić information content (AvgIpc) is 2.62. The van der Waals surface area contributed by atoms with Gasteiger partial charge >= 0.3 is 0 Å². The average molecular weight is 358 g/mol. The van der Waals surface area contributed by atoms with Crippen LogP contribution in [0.2, 0.25) is 0 Å². The molecule has 2 aromatic rings. The summed E-state index contributed by atoms with van der Waals surface area (Å²) < 4.78 is 23.1. The van der Waals surface area contributed by atoms with Gasteiger partial charge in [-0.1, -0.05) is 0 Å². The van der Waals surface area contributed by atoms with Crippen molar-refractivity contribution >= 4 is 22.8 Å². The molecular weight excluding hydrogens is 335 g/mol. The van der Waals surface area contributed by atoms with Crippen molar-refractivity contribution in [1.29, 1.82) is 0 Å². The molecule has 0 unspecified atom stereocenters. The molecule has 0 bridgehead atoms. The van der Waals surface area contributed by atoms with Gasteiger partial charge in [-0.15, -0.1) is 0 Å². The number of aliphatic imine (C=N–C) groups is 1. The molecule has 3 heterocycles. The lowest BCUT2D eigenvalue weighted by Gasteiger charge is -2.37. The molecule has 1 aromatic carbocycles. The van der Waals surface area contributed by atoms with Crippen molar-refractivity contribution in [2.45, 2.75) is 13.0 Å².